The Morgan fingerprint density at radius 1 is 0.973 bits per heavy atom. The largest absolute Gasteiger partial charge is 0.497 e. The predicted molar refractivity (Wildman–Crippen MR) is 144 cm³/mol. The van der Waals surface area contributed by atoms with Crippen LogP contribution < -0.4 is 14.8 Å². The van der Waals surface area contributed by atoms with Gasteiger partial charge in [-0.25, -0.2) is 8.78 Å². The Morgan fingerprint density at radius 2 is 1.51 bits per heavy atom. The van der Waals surface area contributed by atoms with E-state index in [4.69, 9.17) is 14.5 Å². The average Bonchev–Trinajstić information content (AvgIpc) is 2.94. The second-order valence-corrected chi connectivity index (χ2v) is 8.49. The smallest absolute Gasteiger partial charge is 0.123 e. The lowest BCUT2D eigenvalue weighted by molar-refractivity contribution is 0.130. The molecule has 1 aliphatic rings. The molecule has 1 aliphatic heterocycles. The molecule has 37 heavy (non-hydrogen) atoms. The molecule has 0 spiro atoms. The molecule has 3 unspecified atom stereocenters. The molecule has 0 saturated carbocycles. The summed E-state index contributed by atoms with van der Waals surface area (Å²) in [6, 6.07) is 21.4. The van der Waals surface area contributed by atoms with Crippen LogP contribution in [0.5, 0.6) is 11.5 Å². The first kappa shape index (κ1) is 27.6. The number of methoxy groups -OCH3 is 2. The van der Waals surface area contributed by atoms with Gasteiger partial charge in [0.25, 0.3) is 0 Å². The van der Waals surface area contributed by atoms with Crippen molar-refractivity contribution in [2.45, 2.75) is 25.0 Å². The van der Waals surface area contributed by atoms with Crippen molar-refractivity contribution >= 4 is 11.5 Å². The van der Waals surface area contributed by atoms with E-state index in [0.717, 1.165) is 47.2 Å². The molecule has 194 valence electrons. The fourth-order valence-electron chi connectivity index (χ4n) is 4.02. The Labute approximate surface area is 216 Å². The van der Waals surface area contributed by atoms with Crippen molar-refractivity contribution in [1.29, 1.82) is 0 Å². The molecule has 1 heterocycles. The van der Waals surface area contributed by atoms with Crippen molar-refractivity contribution < 1.29 is 23.4 Å². The highest BCUT2D eigenvalue weighted by atomic mass is 19.1. The van der Waals surface area contributed by atoms with Gasteiger partial charge in [0.2, 0.25) is 0 Å². The monoisotopic (exact) mass is 506 g/mol. The van der Waals surface area contributed by atoms with Crippen molar-refractivity contribution in [2.24, 2.45) is 10.9 Å². The summed E-state index contributed by atoms with van der Waals surface area (Å²) < 4.78 is 35.0. The van der Waals surface area contributed by atoms with Gasteiger partial charge in [-0.3, -0.25) is 4.99 Å². The number of nitrogens with zero attached hydrogens (tertiary/aromatic N) is 1. The SMILES string of the molecule is C=CC(=C)F.COc1ccc(C2CCC(C(O)c3ccc(OC)cc3)C(Nc3ccc(F)cc3)=N2)cc1. The average molecular weight is 507 g/mol. The van der Waals surface area contributed by atoms with Crippen molar-refractivity contribution in [2.75, 3.05) is 19.5 Å². The standard InChI is InChI=1S/C26H27FN2O3.C4H5F/c1-31-21-11-3-17(4-12-21)24-16-15-23(25(30)18-5-13-22(32-2)14-6-18)26(29-24)28-20-9-7-19(27)8-10-20;1-3-4(2)5/h3-14,23-25,30H,15-16H2,1-2H3,(H,28,29);3H,1-2H2. The normalized spacial score (nSPS) is 17.4. The fraction of sp³-hybridized carbons (Fsp3) is 0.233. The Bertz CT molecular complexity index is 1190. The second-order valence-electron chi connectivity index (χ2n) is 8.49. The van der Waals surface area contributed by atoms with E-state index in [1.165, 1.54) is 12.1 Å². The number of rotatable bonds is 7. The third kappa shape index (κ3) is 7.75. The van der Waals surface area contributed by atoms with Gasteiger partial charge in [0.1, 0.15) is 29.0 Å². The molecule has 4 rings (SSSR count). The van der Waals surface area contributed by atoms with Crippen LogP contribution in [0.15, 0.2) is 103 Å². The lowest BCUT2D eigenvalue weighted by Crippen LogP contribution is -2.32. The predicted octanol–water partition coefficient (Wildman–Crippen LogP) is 7.19. The summed E-state index contributed by atoms with van der Waals surface area (Å²) in [5.74, 6) is 1.22. The van der Waals surface area contributed by atoms with Crippen LogP contribution in [0.25, 0.3) is 0 Å². The minimum absolute atomic E-state index is 0.0387. The third-order valence-electron chi connectivity index (χ3n) is 6.07. The molecule has 3 aromatic rings. The molecule has 5 nitrogen and oxygen atoms in total. The summed E-state index contributed by atoms with van der Waals surface area (Å²) in [5, 5.41) is 14.5. The van der Waals surface area contributed by atoms with E-state index in [-0.39, 0.29) is 17.8 Å². The van der Waals surface area contributed by atoms with Gasteiger partial charge in [0, 0.05) is 11.6 Å². The maximum absolute atomic E-state index is 13.4. The van der Waals surface area contributed by atoms with Gasteiger partial charge in [0.15, 0.2) is 0 Å². The van der Waals surface area contributed by atoms with Crippen molar-refractivity contribution in [1.82, 2.24) is 0 Å². The topological polar surface area (TPSA) is 63.1 Å². The number of allylic oxidation sites excluding steroid dienone is 2. The minimum Gasteiger partial charge on any atom is -0.497 e. The lowest BCUT2D eigenvalue weighted by Gasteiger charge is -2.32. The number of halogens is 2. The molecule has 2 N–H and O–H groups in total. The Kier molecular flexibility index (Phi) is 9.98. The molecule has 0 radical (unpaired) electrons. The zero-order chi connectivity index (χ0) is 26.8. The zero-order valence-corrected chi connectivity index (χ0v) is 21.0. The Morgan fingerprint density at radius 3 is 2.03 bits per heavy atom. The number of benzene rings is 3. The molecule has 3 atom stereocenters. The Hall–Kier alpha value is -3.97. The van der Waals surface area contributed by atoms with Crippen molar-refractivity contribution in [3.8, 4) is 11.5 Å². The van der Waals surface area contributed by atoms with Crippen LogP contribution >= 0.6 is 0 Å². The number of aliphatic hydroxyl groups excluding tert-OH is 1. The summed E-state index contributed by atoms with van der Waals surface area (Å²) in [4.78, 5) is 4.97. The van der Waals surface area contributed by atoms with Crippen LogP contribution in [0.1, 0.15) is 36.1 Å². The number of aliphatic hydroxyl groups is 1. The number of aliphatic imine (C=N–C) groups is 1. The van der Waals surface area contributed by atoms with Crippen molar-refractivity contribution in [3.63, 3.8) is 0 Å². The minimum atomic E-state index is -0.732. The highest BCUT2D eigenvalue weighted by Crippen LogP contribution is 2.37. The van der Waals surface area contributed by atoms with E-state index < -0.39 is 11.9 Å². The van der Waals surface area contributed by atoms with Gasteiger partial charge in [0.05, 0.1) is 26.4 Å². The number of hydrogen-bond donors (Lipinski definition) is 2. The number of amidine groups is 1. The first-order valence-corrected chi connectivity index (χ1v) is 11.9. The van der Waals surface area contributed by atoms with E-state index in [1.54, 1.807) is 26.4 Å². The second kappa shape index (κ2) is 13.4. The van der Waals surface area contributed by atoms with E-state index in [9.17, 15) is 13.9 Å². The quantitative estimate of drug-likeness (QED) is 0.333. The van der Waals surface area contributed by atoms with Crippen LogP contribution in [0, 0.1) is 11.7 Å². The third-order valence-corrected chi connectivity index (χ3v) is 6.07. The van der Waals surface area contributed by atoms with Gasteiger partial charge < -0.3 is 19.9 Å². The summed E-state index contributed by atoms with van der Waals surface area (Å²) >= 11 is 0. The fourth-order valence-corrected chi connectivity index (χ4v) is 4.02. The molecule has 0 amide bonds. The molecule has 7 heteroatoms. The van der Waals surface area contributed by atoms with Crippen LogP contribution in [-0.4, -0.2) is 25.2 Å². The first-order valence-electron chi connectivity index (χ1n) is 11.9. The maximum Gasteiger partial charge on any atom is 0.123 e. The van der Waals surface area contributed by atoms with Gasteiger partial charge in [-0.15, -0.1) is 0 Å². The van der Waals surface area contributed by atoms with Crippen LogP contribution in [0.4, 0.5) is 14.5 Å². The molecular formula is C30H32F2N2O3. The van der Waals surface area contributed by atoms with Crippen LogP contribution in [-0.2, 0) is 0 Å². The van der Waals surface area contributed by atoms with E-state index in [1.807, 2.05) is 48.5 Å². The summed E-state index contributed by atoms with van der Waals surface area (Å²) in [7, 11) is 3.26. The first-order chi connectivity index (χ1) is 17.8. The molecule has 0 aromatic heterocycles. The number of ether oxygens (including phenoxy) is 2. The van der Waals surface area contributed by atoms with Gasteiger partial charge >= 0.3 is 0 Å². The molecule has 0 saturated heterocycles. The highest BCUT2D eigenvalue weighted by molar-refractivity contribution is 5.98. The highest BCUT2D eigenvalue weighted by Gasteiger charge is 2.32. The van der Waals surface area contributed by atoms with Crippen LogP contribution in [0.3, 0.4) is 0 Å². The van der Waals surface area contributed by atoms with Crippen LogP contribution in [0.2, 0.25) is 0 Å². The van der Waals surface area contributed by atoms with Gasteiger partial charge in [-0.1, -0.05) is 37.4 Å². The molecule has 0 bridgehead atoms. The van der Waals surface area contributed by atoms with E-state index in [2.05, 4.69) is 18.5 Å². The lowest BCUT2D eigenvalue weighted by atomic mass is 9.85. The molecule has 3 aromatic carbocycles. The Balaban J connectivity index is 0.000000695. The number of nitrogens with one attached hydrogen (secondary N) is 1. The van der Waals surface area contributed by atoms with Gasteiger partial charge in [-0.2, -0.15) is 0 Å². The van der Waals surface area contributed by atoms with E-state index in [0.29, 0.717) is 5.84 Å². The number of hydrogen-bond acceptors (Lipinski definition) is 5. The number of anilines is 1. The maximum atomic E-state index is 13.4. The summed E-state index contributed by atoms with van der Waals surface area (Å²) in [6.07, 6.45) is 1.87. The molecule has 0 aliphatic carbocycles. The zero-order valence-electron chi connectivity index (χ0n) is 21.0. The molecule has 0 fully saturated rings. The summed E-state index contributed by atoms with van der Waals surface area (Å²) in [6.45, 7) is 5.97. The van der Waals surface area contributed by atoms with E-state index >= 15 is 0 Å². The molecular weight excluding hydrogens is 474 g/mol. The van der Waals surface area contributed by atoms with Crippen molar-refractivity contribution in [3.05, 3.63) is 115 Å². The van der Waals surface area contributed by atoms with Gasteiger partial charge in [-0.05, 0) is 78.6 Å². The summed E-state index contributed by atoms with van der Waals surface area (Å²) in [5.41, 5.74) is 2.61.